The summed E-state index contributed by atoms with van der Waals surface area (Å²) in [4.78, 5) is 4.66. The van der Waals surface area contributed by atoms with Gasteiger partial charge in [-0.1, -0.05) is 19.0 Å². The van der Waals surface area contributed by atoms with Gasteiger partial charge in [0.2, 0.25) is 5.82 Å². The molecule has 1 aliphatic carbocycles. The summed E-state index contributed by atoms with van der Waals surface area (Å²) in [6.07, 6.45) is 4.60. The Hall–Kier alpha value is -2.52. The highest BCUT2D eigenvalue weighted by molar-refractivity contribution is 7.85. The summed E-state index contributed by atoms with van der Waals surface area (Å²) >= 11 is 0. The molecule has 0 N–H and O–H groups in total. The molecule has 1 aromatic carbocycles. The fourth-order valence-corrected chi connectivity index (χ4v) is 4.90. The van der Waals surface area contributed by atoms with Gasteiger partial charge in [-0.2, -0.15) is 18.5 Å². The molecule has 0 saturated carbocycles. The maximum atomic E-state index is 11.2. The molecule has 0 spiro atoms. The van der Waals surface area contributed by atoms with Crippen LogP contribution in [0.25, 0.3) is 23.0 Å². The second-order valence-electron chi connectivity index (χ2n) is 9.53. The number of hydrogen-bond donors (Lipinski definition) is 0. The molecule has 172 valence electrons. The average Bonchev–Trinajstić information content (AvgIpc) is 3.27. The van der Waals surface area contributed by atoms with E-state index in [-0.39, 0.29) is 12.0 Å². The number of aromatic nitrogens is 4. The first-order valence-corrected chi connectivity index (χ1v) is 12.6. The van der Waals surface area contributed by atoms with Crippen LogP contribution in [0.1, 0.15) is 48.2 Å². The van der Waals surface area contributed by atoms with Crippen LogP contribution in [-0.2, 0) is 40.6 Å². The molecule has 32 heavy (non-hydrogen) atoms. The molecule has 4 rings (SSSR count). The summed E-state index contributed by atoms with van der Waals surface area (Å²) in [7, 11) is -1.47. The standard InChI is InChI=1S/C23H30N4O4S/c1-14-11-16(12-15(2)17(14)8-10-30-32(6,28)29)21-24-22(31-26-21)20-18-7-9-23(3,4)13-19(18)27(5)25-20/h11-12H,7-10,13H2,1-6H3. The molecular weight excluding hydrogens is 428 g/mol. The van der Waals surface area contributed by atoms with E-state index in [0.29, 0.717) is 18.1 Å². The van der Waals surface area contributed by atoms with Gasteiger partial charge in [-0.15, -0.1) is 0 Å². The van der Waals surface area contributed by atoms with Gasteiger partial charge in [-0.25, -0.2) is 0 Å². The predicted molar refractivity (Wildman–Crippen MR) is 122 cm³/mol. The normalized spacial score (nSPS) is 15.7. The fourth-order valence-electron chi connectivity index (χ4n) is 4.51. The van der Waals surface area contributed by atoms with E-state index in [2.05, 4.69) is 24.0 Å². The highest BCUT2D eigenvalue weighted by Gasteiger charge is 2.32. The number of fused-ring (bicyclic) bond motifs is 1. The van der Waals surface area contributed by atoms with Gasteiger partial charge in [-0.05, 0) is 73.8 Å². The van der Waals surface area contributed by atoms with E-state index in [9.17, 15) is 8.42 Å². The van der Waals surface area contributed by atoms with Crippen LogP contribution in [0.5, 0.6) is 0 Å². The molecule has 0 radical (unpaired) electrons. The Kier molecular flexibility index (Phi) is 5.75. The number of hydrogen-bond acceptors (Lipinski definition) is 7. The zero-order chi connectivity index (χ0) is 23.3. The summed E-state index contributed by atoms with van der Waals surface area (Å²) in [6.45, 7) is 8.67. The van der Waals surface area contributed by atoms with E-state index in [4.69, 9.17) is 13.8 Å². The van der Waals surface area contributed by atoms with E-state index in [0.717, 1.165) is 53.5 Å². The zero-order valence-corrected chi connectivity index (χ0v) is 20.3. The Labute approximate surface area is 189 Å². The molecule has 2 aromatic heterocycles. The van der Waals surface area contributed by atoms with E-state index >= 15 is 0 Å². The van der Waals surface area contributed by atoms with E-state index in [1.807, 2.05) is 37.7 Å². The van der Waals surface area contributed by atoms with Crippen LogP contribution in [0.3, 0.4) is 0 Å². The summed E-state index contributed by atoms with van der Waals surface area (Å²) in [5, 5.41) is 8.91. The van der Waals surface area contributed by atoms with Crippen LogP contribution in [0.4, 0.5) is 0 Å². The summed E-state index contributed by atoms with van der Waals surface area (Å²) in [5.41, 5.74) is 7.46. The average molecular weight is 459 g/mol. The molecule has 0 unspecified atom stereocenters. The van der Waals surface area contributed by atoms with Crippen molar-refractivity contribution in [2.45, 2.75) is 53.4 Å². The molecule has 0 amide bonds. The Balaban J connectivity index is 1.60. The van der Waals surface area contributed by atoms with Crippen molar-refractivity contribution >= 4 is 10.1 Å². The second-order valence-corrected chi connectivity index (χ2v) is 11.2. The minimum atomic E-state index is -3.45. The van der Waals surface area contributed by atoms with Crippen LogP contribution < -0.4 is 0 Å². The third-order valence-electron chi connectivity index (χ3n) is 6.20. The van der Waals surface area contributed by atoms with Gasteiger partial charge in [0.15, 0.2) is 5.69 Å². The lowest BCUT2D eigenvalue weighted by atomic mass is 9.76. The summed E-state index contributed by atoms with van der Waals surface area (Å²) in [5.74, 6) is 0.957. The Morgan fingerprint density at radius 2 is 1.91 bits per heavy atom. The van der Waals surface area contributed by atoms with Gasteiger partial charge < -0.3 is 4.52 Å². The minimum absolute atomic E-state index is 0.119. The molecule has 2 heterocycles. The first-order chi connectivity index (χ1) is 14.9. The van der Waals surface area contributed by atoms with Crippen LogP contribution in [-0.4, -0.2) is 41.2 Å². The van der Waals surface area contributed by atoms with Gasteiger partial charge in [0, 0.05) is 23.9 Å². The van der Waals surface area contributed by atoms with Crippen LogP contribution in [0.15, 0.2) is 16.7 Å². The third-order valence-corrected chi connectivity index (χ3v) is 6.80. The zero-order valence-electron chi connectivity index (χ0n) is 19.5. The molecule has 0 fully saturated rings. The Morgan fingerprint density at radius 3 is 2.56 bits per heavy atom. The fraction of sp³-hybridized carbons (Fsp3) is 0.522. The maximum Gasteiger partial charge on any atom is 0.279 e. The maximum absolute atomic E-state index is 11.2. The van der Waals surface area contributed by atoms with Crippen molar-refractivity contribution in [2.24, 2.45) is 12.5 Å². The summed E-state index contributed by atoms with van der Waals surface area (Å²) in [6, 6.07) is 3.99. The first kappa shape index (κ1) is 22.7. The second kappa shape index (κ2) is 8.12. The number of aryl methyl sites for hydroxylation is 3. The van der Waals surface area contributed by atoms with Crippen molar-refractivity contribution in [1.29, 1.82) is 0 Å². The molecule has 9 heteroatoms. The van der Waals surface area contributed by atoms with E-state index in [1.54, 1.807) is 0 Å². The minimum Gasteiger partial charge on any atom is -0.332 e. The Bertz CT molecular complexity index is 1250. The van der Waals surface area contributed by atoms with Crippen molar-refractivity contribution in [3.63, 3.8) is 0 Å². The molecule has 8 nitrogen and oxygen atoms in total. The van der Waals surface area contributed by atoms with Crippen molar-refractivity contribution in [2.75, 3.05) is 12.9 Å². The highest BCUT2D eigenvalue weighted by Crippen LogP contribution is 2.38. The van der Waals surface area contributed by atoms with E-state index in [1.165, 1.54) is 11.3 Å². The number of rotatable bonds is 6. The van der Waals surface area contributed by atoms with Gasteiger partial charge in [0.25, 0.3) is 16.0 Å². The van der Waals surface area contributed by atoms with Gasteiger partial charge >= 0.3 is 0 Å². The predicted octanol–water partition coefficient (Wildman–Crippen LogP) is 3.79. The highest BCUT2D eigenvalue weighted by atomic mass is 32.2. The lowest BCUT2D eigenvalue weighted by Gasteiger charge is -2.29. The van der Waals surface area contributed by atoms with Gasteiger partial charge in [0.1, 0.15) is 0 Å². The molecule has 0 aliphatic heterocycles. The van der Waals surface area contributed by atoms with Crippen LogP contribution >= 0.6 is 0 Å². The van der Waals surface area contributed by atoms with E-state index < -0.39 is 10.1 Å². The SMILES string of the molecule is Cc1cc(-c2noc(-c3nn(C)c4c3CCC(C)(C)C4)n2)cc(C)c1CCOS(C)(=O)=O. The first-order valence-electron chi connectivity index (χ1n) is 10.8. The van der Waals surface area contributed by atoms with Crippen LogP contribution in [0.2, 0.25) is 0 Å². The lowest BCUT2D eigenvalue weighted by molar-refractivity contribution is 0.306. The molecule has 0 bridgehead atoms. The quantitative estimate of drug-likeness (QED) is 0.518. The Morgan fingerprint density at radius 1 is 1.22 bits per heavy atom. The monoisotopic (exact) mass is 458 g/mol. The van der Waals surface area contributed by atoms with Gasteiger partial charge in [0.05, 0.1) is 12.9 Å². The number of benzene rings is 1. The molecule has 1 aliphatic rings. The van der Waals surface area contributed by atoms with Crippen molar-refractivity contribution < 1.29 is 17.1 Å². The molecule has 0 saturated heterocycles. The smallest absolute Gasteiger partial charge is 0.279 e. The summed E-state index contributed by atoms with van der Waals surface area (Å²) < 4.78 is 34.9. The largest absolute Gasteiger partial charge is 0.332 e. The third kappa shape index (κ3) is 4.63. The van der Waals surface area contributed by atoms with Gasteiger partial charge in [-0.3, -0.25) is 8.86 Å². The molecular formula is C23H30N4O4S. The number of nitrogens with zero attached hydrogens (tertiary/aromatic N) is 4. The van der Waals surface area contributed by atoms with Crippen molar-refractivity contribution in [3.8, 4) is 23.0 Å². The van der Waals surface area contributed by atoms with Crippen LogP contribution in [0, 0.1) is 19.3 Å². The molecule has 0 atom stereocenters. The van der Waals surface area contributed by atoms with Crippen molar-refractivity contribution in [3.05, 3.63) is 40.1 Å². The van der Waals surface area contributed by atoms with Crippen molar-refractivity contribution in [1.82, 2.24) is 19.9 Å². The topological polar surface area (TPSA) is 100 Å². The lowest BCUT2D eigenvalue weighted by Crippen LogP contribution is -2.23. The molecule has 3 aromatic rings.